The van der Waals surface area contributed by atoms with E-state index in [4.69, 9.17) is 0 Å². The standard InChI is InChI=1S/C14H15Br2N3/c15-11-3-4-12(16)13(6-11)19-9-18-8-14(19)10-2-1-5-17-7-10/h3-4,6,8-10,17H,1-2,5,7H2. The van der Waals surface area contributed by atoms with Crippen molar-refractivity contribution in [3.63, 3.8) is 0 Å². The largest absolute Gasteiger partial charge is 0.316 e. The average molecular weight is 385 g/mol. The third-order valence-electron chi connectivity index (χ3n) is 3.55. The van der Waals surface area contributed by atoms with Gasteiger partial charge < -0.3 is 9.88 Å². The second-order valence-corrected chi connectivity index (χ2v) is 6.60. The lowest BCUT2D eigenvalue weighted by Gasteiger charge is -2.24. The summed E-state index contributed by atoms with van der Waals surface area (Å²) < 4.78 is 4.35. The van der Waals surface area contributed by atoms with E-state index < -0.39 is 0 Å². The summed E-state index contributed by atoms with van der Waals surface area (Å²) in [5.74, 6) is 0.544. The van der Waals surface area contributed by atoms with Gasteiger partial charge >= 0.3 is 0 Å². The van der Waals surface area contributed by atoms with E-state index in [1.165, 1.54) is 18.5 Å². The van der Waals surface area contributed by atoms with Gasteiger partial charge in [-0.2, -0.15) is 0 Å². The van der Waals surface area contributed by atoms with E-state index in [1.54, 1.807) is 0 Å². The first-order valence-corrected chi connectivity index (χ1v) is 8.02. The van der Waals surface area contributed by atoms with Crippen LogP contribution in [0.1, 0.15) is 24.5 Å². The molecule has 0 radical (unpaired) electrons. The van der Waals surface area contributed by atoms with Crippen LogP contribution in [-0.4, -0.2) is 22.6 Å². The van der Waals surface area contributed by atoms with Gasteiger partial charge in [-0.15, -0.1) is 0 Å². The second-order valence-electron chi connectivity index (χ2n) is 4.83. The third kappa shape index (κ3) is 2.78. The Morgan fingerprint density at radius 1 is 1.32 bits per heavy atom. The summed E-state index contributed by atoms with van der Waals surface area (Å²) in [4.78, 5) is 4.34. The first kappa shape index (κ1) is 13.3. The van der Waals surface area contributed by atoms with Crippen molar-refractivity contribution in [3.05, 3.63) is 45.4 Å². The van der Waals surface area contributed by atoms with Crippen molar-refractivity contribution in [2.24, 2.45) is 0 Å². The molecule has 0 saturated carbocycles. The maximum Gasteiger partial charge on any atom is 0.0994 e. The number of benzene rings is 1. The van der Waals surface area contributed by atoms with Gasteiger partial charge in [-0.1, -0.05) is 15.9 Å². The SMILES string of the molecule is Brc1ccc(Br)c(-n2cncc2C2CCCNC2)c1. The van der Waals surface area contributed by atoms with E-state index in [-0.39, 0.29) is 0 Å². The highest BCUT2D eigenvalue weighted by Crippen LogP contribution is 2.30. The molecule has 5 heteroatoms. The summed E-state index contributed by atoms with van der Waals surface area (Å²) in [6.45, 7) is 2.17. The minimum Gasteiger partial charge on any atom is -0.316 e. The van der Waals surface area contributed by atoms with Crippen molar-refractivity contribution < 1.29 is 0 Å². The van der Waals surface area contributed by atoms with Gasteiger partial charge in [-0.3, -0.25) is 0 Å². The molecule has 0 aliphatic carbocycles. The molecule has 1 N–H and O–H groups in total. The van der Waals surface area contributed by atoms with E-state index in [1.807, 2.05) is 18.6 Å². The van der Waals surface area contributed by atoms with Gasteiger partial charge in [0.15, 0.2) is 0 Å². The minimum atomic E-state index is 0.544. The van der Waals surface area contributed by atoms with Gasteiger partial charge in [0.1, 0.15) is 0 Å². The molecule has 3 rings (SSSR count). The fourth-order valence-corrected chi connectivity index (χ4v) is 3.37. The Kier molecular flexibility index (Phi) is 4.05. The minimum absolute atomic E-state index is 0.544. The summed E-state index contributed by atoms with van der Waals surface area (Å²) in [5, 5.41) is 3.47. The van der Waals surface area contributed by atoms with Crippen molar-refractivity contribution in [2.75, 3.05) is 13.1 Å². The van der Waals surface area contributed by atoms with Gasteiger partial charge in [-0.25, -0.2) is 4.98 Å². The topological polar surface area (TPSA) is 29.9 Å². The fraction of sp³-hybridized carbons (Fsp3) is 0.357. The summed E-state index contributed by atoms with van der Waals surface area (Å²) in [7, 11) is 0. The first-order chi connectivity index (χ1) is 9.25. The Labute approximate surface area is 129 Å². The van der Waals surface area contributed by atoms with Gasteiger partial charge in [0.05, 0.1) is 12.0 Å². The molecule has 19 heavy (non-hydrogen) atoms. The number of rotatable bonds is 2. The highest BCUT2D eigenvalue weighted by Gasteiger charge is 2.20. The van der Waals surface area contributed by atoms with Crippen LogP contribution in [0.15, 0.2) is 39.7 Å². The molecular weight excluding hydrogens is 370 g/mol. The van der Waals surface area contributed by atoms with Gasteiger partial charge in [0, 0.05) is 33.3 Å². The quantitative estimate of drug-likeness (QED) is 0.851. The van der Waals surface area contributed by atoms with Crippen LogP contribution in [0.3, 0.4) is 0 Å². The molecule has 0 amide bonds. The average Bonchev–Trinajstić information content (AvgIpc) is 2.91. The molecule has 2 aromatic rings. The molecule has 0 bridgehead atoms. The van der Waals surface area contributed by atoms with Crippen LogP contribution in [0.5, 0.6) is 0 Å². The van der Waals surface area contributed by atoms with Gasteiger partial charge in [0.2, 0.25) is 0 Å². The molecule has 0 spiro atoms. The number of hydrogen-bond donors (Lipinski definition) is 1. The van der Waals surface area contributed by atoms with Crippen LogP contribution in [-0.2, 0) is 0 Å². The van der Waals surface area contributed by atoms with Gasteiger partial charge in [0.25, 0.3) is 0 Å². The fourth-order valence-electron chi connectivity index (χ4n) is 2.58. The van der Waals surface area contributed by atoms with E-state index in [2.05, 4.69) is 58.9 Å². The van der Waals surface area contributed by atoms with Crippen LogP contribution in [0, 0.1) is 0 Å². The smallest absolute Gasteiger partial charge is 0.0994 e. The molecule has 1 aliphatic heterocycles. The lowest BCUT2D eigenvalue weighted by atomic mass is 9.96. The first-order valence-electron chi connectivity index (χ1n) is 6.44. The number of imidazole rings is 1. The molecule has 1 aromatic carbocycles. The second kappa shape index (κ2) is 5.77. The molecular formula is C14H15Br2N3. The summed E-state index contributed by atoms with van der Waals surface area (Å²) in [6.07, 6.45) is 6.35. The third-order valence-corrected chi connectivity index (χ3v) is 4.71. The molecule has 1 fully saturated rings. The summed E-state index contributed by atoms with van der Waals surface area (Å²) >= 11 is 7.16. The molecule has 1 unspecified atom stereocenters. The van der Waals surface area contributed by atoms with Crippen LogP contribution in [0.2, 0.25) is 0 Å². The van der Waals surface area contributed by atoms with Crippen LogP contribution in [0.25, 0.3) is 5.69 Å². The van der Waals surface area contributed by atoms with Crippen molar-refractivity contribution in [1.29, 1.82) is 0 Å². The summed E-state index contributed by atoms with van der Waals surface area (Å²) in [6, 6.07) is 6.21. The molecule has 1 aliphatic rings. The number of nitrogens with zero attached hydrogens (tertiary/aromatic N) is 2. The number of piperidine rings is 1. The Balaban J connectivity index is 2.01. The van der Waals surface area contributed by atoms with Crippen LogP contribution < -0.4 is 5.32 Å². The molecule has 1 aromatic heterocycles. The Morgan fingerprint density at radius 2 is 2.21 bits per heavy atom. The Bertz CT molecular complexity index is 574. The lowest BCUT2D eigenvalue weighted by molar-refractivity contribution is 0.451. The zero-order valence-corrected chi connectivity index (χ0v) is 13.6. The lowest BCUT2D eigenvalue weighted by Crippen LogP contribution is -2.29. The molecule has 3 nitrogen and oxygen atoms in total. The van der Waals surface area contributed by atoms with E-state index in [0.717, 1.165) is 27.7 Å². The highest BCUT2D eigenvalue weighted by molar-refractivity contribution is 9.11. The van der Waals surface area contributed by atoms with E-state index in [9.17, 15) is 0 Å². The maximum absolute atomic E-state index is 4.34. The van der Waals surface area contributed by atoms with Crippen molar-refractivity contribution in [2.45, 2.75) is 18.8 Å². The predicted octanol–water partition coefficient (Wildman–Crippen LogP) is 3.86. The zero-order chi connectivity index (χ0) is 13.2. The number of aromatic nitrogens is 2. The van der Waals surface area contributed by atoms with Crippen molar-refractivity contribution in [3.8, 4) is 5.69 Å². The molecule has 1 saturated heterocycles. The Hall–Kier alpha value is -0.650. The van der Waals surface area contributed by atoms with Crippen LogP contribution in [0.4, 0.5) is 0 Å². The zero-order valence-electron chi connectivity index (χ0n) is 10.4. The van der Waals surface area contributed by atoms with E-state index >= 15 is 0 Å². The molecule has 1 atom stereocenters. The predicted molar refractivity (Wildman–Crippen MR) is 83.8 cm³/mol. The molecule has 100 valence electrons. The highest BCUT2D eigenvalue weighted by atomic mass is 79.9. The van der Waals surface area contributed by atoms with Gasteiger partial charge in [-0.05, 0) is 53.5 Å². The number of halogens is 2. The number of hydrogen-bond acceptors (Lipinski definition) is 2. The maximum atomic E-state index is 4.34. The van der Waals surface area contributed by atoms with E-state index in [0.29, 0.717) is 5.92 Å². The number of nitrogens with one attached hydrogen (secondary N) is 1. The molecule has 2 heterocycles. The van der Waals surface area contributed by atoms with Crippen molar-refractivity contribution >= 4 is 31.9 Å². The Morgan fingerprint density at radius 3 is 3.00 bits per heavy atom. The normalized spacial score (nSPS) is 19.6. The monoisotopic (exact) mass is 383 g/mol. The van der Waals surface area contributed by atoms with Crippen molar-refractivity contribution in [1.82, 2.24) is 14.9 Å². The van der Waals surface area contributed by atoms with Crippen LogP contribution >= 0.6 is 31.9 Å². The summed E-state index contributed by atoms with van der Waals surface area (Å²) in [5.41, 5.74) is 2.42.